The number of halogens is 1. The van der Waals surface area contributed by atoms with Crippen molar-refractivity contribution in [3.8, 4) is 0 Å². The van der Waals surface area contributed by atoms with E-state index in [0.29, 0.717) is 6.42 Å². The summed E-state index contributed by atoms with van der Waals surface area (Å²) >= 11 is 0. The Labute approximate surface area is 315 Å². The SMILES string of the molecule is CC[C@H]1OC(=O)[C@H](C)[C@@H](OC(=O)Cc2ccccc2F)[C@H](C)[C@@H](OC2O[C@@H](C)C[C@@H](N(C)CC)[C@@H]2OC)[C@](C)(OC)C[C@@H](C)C(=O)[C@@H](C)[C@@H](O)[C@]1(C)O. The molecule has 14 atom stereocenters. The summed E-state index contributed by atoms with van der Waals surface area (Å²) in [5.74, 6) is -6.26. The molecule has 2 fully saturated rings. The van der Waals surface area contributed by atoms with Crippen molar-refractivity contribution in [3.63, 3.8) is 0 Å². The lowest BCUT2D eigenvalue weighted by Crippen LogP contribution is -2.61. The number of rotatable bonds is 10. The van der Waals surface area contributed by atoms with E-state index in [1.54, 1.807) is 47.8 Å². The van der Waals surface area contributed by atoms with Crippen molar-refractivity contribution in [1.29, 1.82) is 0 Å². The molecule has 302 valence electrons. The van der Waals surface area contributed by atoms with E-state index in [1.807, 2.05) is 20.9 Å². The van der Waals surface area contributed by atoms with Gasteiger partial charge in [-0.2, -0.15) is 0 Å². The Balaban J connectivity index is 2.22. The molecule has 53 heavy (non-hydrogen) atoms. The normalized spacial score (nSPS) is 39.3. The van der Waals surface area contributed by atoms with Gasteiger partial charge < -0.3 is 43.5 Å². The maximum atomic E-state index is 14.7. The van der Waals surface area contributed by atoms with Crippen LogP contribution in [0.3, 0.4) is 0 Å². The van der Waals surface area contributed by atoms with Gasteiger partial charge in [0, 0.05) is 38.0 Å². The van der Waals surface area contributed by atoms with Gasteiger partial charge in [-0.05, 0) is 72.2 Å². The molecule has 2 aliphatic heterocycles. The van der Waals surface area contributed by atoms with Crippen LogP contribution in [0.4, 0.5) is 4.39 Å². The molecule has 0 saturated carbocycles. The minimum absolute atomic E-state index is 0.0775. The van der Waals surface area contributed by atoms with E-state index in [9.17, 15) is 29.0 Å². The van der Waals surface area contributed by atoms with Gasteiger partial charge in [-0.25, -0.2) is 4.39 Å². The fraction of sp³-hybridized carbons (Fsp3) is 0.775. The van der Waals surface area contributed by atoms with E-state index in [2.05, 4.69) is 4.90 Å². The first-order valence-electron chi connectivity index (χ1n) is 18.9. The van der Waals surface area contributed by atoms with Crippen molar-refractivity contribution in [1.82, 2.24) is 4.90 Å². The standard InChI is InChI=1S/C40H64FNO11/c1-13-30-40(9,47)35(45)24(5)32(44)22(3)21-39(8,49-12)36(53-38-34(48-11)29(42(10)14-2)19-23(4)50-38)25(6)33(26(7)37(46)51-30)52-31(43)20-27-17-15-16-18-28(27)41/h15-18,22-26,29-30,33-36,38,45,47H,13-14,19-21H2,1-12H3/t22-,23+,24-,25+,26-,29-,30-,33+,34+,35-,36-,38?,39-,40-/m1/s1. The largest absolute Gasteiger partial charge is 0.461 e. The lowest BCUT2D eigenvalue weighted by atomic mass is 9.74. The molecule has 2 aliphatic rings. The molecule has 0 aliphatic carbocycles. The quantitative estimate of drug-likeness (QED) is 0.324. The topological polar surface area (TPSA) is 150 Å². The van der Waals surface area contributed by atoms with E-state index >= 15 is 0 Å². The molecule has 0 bridgehead atoms. The lowest BCUT2D eigenvalue weighted by Gasteiger charge is -2.49. The number of ketones is 1. The first-order valence-corrected chi connectivity index (χ1v) is 18.9. The number of carbonyl (C=O) groups excluding carboxylic acids is 3. The predicted molar refractivity (Wildman–Crippen MR) is 195 cm³/mol. The molecule has 1 aromatic carbocycles. The number of carbonyl (C=O) groups is 3. The Morgan fingerprint density at radius 2 is 1.68 bits per heavy atom. The molecule has 0 aromatic heterocycles. The number of hydrogen-bond acceptors (Lipinski definition) is 12. The van der Waals surface area contributed by atoms with Gasteiger partial charge in [-0.1, -0.05) is 52.8 Å². The highest BCUT2D eigenvalue weighted by Gasteiger charge is 2.53. The second kappa shape index (κ2) is 18.9. The Kier molecular flexibility index (Phi) is 16.0. The summed E-state index contributed by atoms with van der Waals surface area (Å²) in [5, 5.41) is 23.0. The number of aliphatic hydroxyl groups is 2. The number of likely N-dealkylation sites (N-methyl/N-ethyl adjacent to an activating group) is 1. The van der Waals surface area contributed by atoms with Crippen LogP contribution in [-0.4, -0.2) is 121 Å². The maximum Gasteiger partial charge on any atom is 0.312 e. The second-order valence-corrected chi connectivity index (χ2v) is 15.6. The summed E-state index contributed by atoms with van der Waals surface area (Å²) in [7, 11) is 5.07. The molecule has 13 heteroatoms. The molecule has 1 unspecified atom stereocenters. The van der Waals surface area contributed by atoms with Gasteiger partial charge in [0.15, 0.2) is 6.29 Å². The van der Waals surface area contributed by atoms with Crippen molar-refractivity contribution < 1.29 is 57.4 Å². The smallest absolute Gasteiger partial charge is 0.312 e. The van der Waals surface area contributed by atoms with Crippen molar-refractivity contribution >= 4 is 17.7 Å². The molecule has 2 saturated heterocycles. The van der Waals surface area contributed by atoms with E-state index in [1.165, 1.54) is 39.2 Å². The van der Waals surface area contributed by atoms with Gasteiger partial charge in [-0.3, -0.25) is 14.4 Å². The first kappa shape index (κ1) is 44.9. The van der Waals surface area contributed by atoms with Gasteiger partial charge in [0.05, 0.1) is 36.3 Å². The zero-order valence-electron chi connectivity index (χ0n) is 33.7. The summed E-state index contributed by atoms with van der Waals surface area (Å²) < 4.78 is 52.3. The molecule has 3 rings (SSSR count). The lowest BCUT2D eigenvalue weighted by molar-refractivity contribution is -0.305. The third-order valence-corrected chi connectivity index (χ3v) is 11.7. The van der Waals surface area contributed by atoms with Crippen molar-refractivity contribution in [3.05, 3.63) is 35.6 Å². The zero-order chi connectivity index (χ0) is 40.0. The van der Waals surface area contributed by atoms with Crippen LogP contribution in [0, 0.1) is 29.5 Å². The van der Waals surface area contributed by atoms with E-state index < -0.39 is 95.9 Å². The number of esters is 2. The Morgan fingerprint density at radius 1 is 1.04 bits per heavy atom. The Bertz CT molecular complexity index is 1380. The summed E-state index contributed by atoms with van der Waals surface area (Å²) in [6.45, 7) is 16.1. The average Bonchev–Trinajstić information content (AvgIpc) is 3.12. The number of cyclic esters (lactones) is 1. The Morgan fingerprint density at radius 3 is 2.25 bits per heavy atom. The number of nitrogens with zero attached hydrogens (tertiary/aromatic N) is 1. The number of aliphatic hydroxyl groups excluding tert-OH is 1. The molecular formula is C40H64FNO11. The first-order chi connectivity index (χ1) is 24.8. The zero-order valence-corrected chi connectivity index (χ0v) is 33.7. The highest BCUT2D eigenvalue weighted by atomic mass is 19.1. The molecule has 0 amide bonds. The maximum absolute atomic E-state index is 14.7. The van der Waals surface area contributed by atoms with Crippen molar-refractivity contribution in [2.24, 2.45) is 23.7 Å². The minimum Gasteiger partial charge on any atom is -0.461 e. The molecule has 12 nitrogen and oxygen atoms in total. The second-order valence-electron chi connectivity index (χ2n) is 15.6. The van der Waals surface area contributed by atoms with Crippen LogP contribution in [0.1, 0.15) is 87.1 Å². The fourth-order valence-electron chi connectivity index (χ4n) is 8.18. The monoisotopic (exact) mass is 753 g/mol. The molecular weight excluding hydrogens is 689 g/mol. The number of methoxy groups -OCH3 is 2. The fourth-order valence-corrected chi connectivity index (χ4v) is 8.18. The van der Waals surface area contributed by atoms with Gasteiger partial charge >= 0.3 is 11.9 Å². The van der Waals surface area contributed by atoms with Gasteiger partial charge in [0.25, 0.3) is 0 Å². The molecule has 0 radical (unpaired) electrons. The third kappa shape index (κ3) is 10.2. The van der Waals surface area contributed by atoms with Gasteiger partial charge in [0.1, 0.15) is 35.5 Å². The summed E-state index contributed by atoms with van der Waals surface area (Å²) in [6.07, 6.45) is -6.29. The van der Waals surface area contributed by atoms with Crippen LogP contribution in [-0.2, 0) is 49.2 Å². The highest BCUT2D eigenvalue weighted by Crippen LogP contribution is 2.40. The summed E-state index contributed by atoms with van der Waals surface area (Å²) in [5.41, 5.74) is -3.17. The Hall–Kier alpha value is -2.52. The van der Waals surface area contributed by atoms with Gasteiger partial charge in [-0.15, -0.1) is 0 Å². The number of Topliss-reactive ketones (excluding diaryl/α,β-unsaturated/α-hetero) is 1. The molecule has 0 spiro atoms. The highest BCUT2D eigenvalue weighted by molar-refractivity contribution is 5.83. The van der Waals surface area contributed by atoms with Crippen LogP contribution in [0.2, 0.25) is 0 Å². The average molecular weight is 754 g/mol. The van der Waals surface area contributed by atoms with Crippen LogP contribution in [0.5, 0.6) is 0 Å². The predicted octanol–water partition coefficient (Wildman–Crippen LogP) is 4.49. The van der Waals surface area contributed by atoms with E-state index in [4.69, 9.17) is 28.4 Å². The van der Waals surface area contributed by atoms with Crippen LogP contribution >= 0.6 is 0 Å². The van der Waals surface area contributed by atoms with Crippen molar-refractivity contribution in [2.75, 3.05) is 27.8 Å². The number of ether oxygens (including phenoxy) is 6. The number of benzene rings is 1. The molecule has 1 aromatic rings. The molecule has 2 N–H and O–H groups in total. The minimum atomic E-state index is -2.01. The van der Waals surface area contributed by atoms with E-state index in [0.717, 1.165) is 6.54 Å². The summed E-state index contributed by atoms with van der Waals surface area (Å²) in [6, 6.07) is 5.77. The number of hydrogen-bond donors (Lipinski definition) is 2. The molecule has 2 heterocycles. The van der Waals surface area contributed by atoms with Crippen LogP contribution in [0.15, 0.2) is 24.3 Å². The van der Waals surface area contributed by atoms with Crippen LogP contribution < -0.4 is 0 Å². The van der Waals surface area contributed by atoms with Crippen molar-refractivity contribution in [2.45, 2.75) is 148 Å². The third-order valence-electron chi connectivity index (χ3n) is 11.7. The summed E-state index contributed by atoms with van der Waals surface area (Å²) in [4.78, 5) is 43.8. The van der Waals surface area contributed by atoms with Gasteiger partial charge in [0.2, 0.25) is 0 Å². The van der Waals surface area contributed by atoms with Crippen LogP contribution in [0.25, 0.3) is 0 Å². The van der Waals surface area contributed by atoms with E-state index in [-0.39, 0.29) is 36.3 Å².